The average Bonchev–Trinajstić information content (AvgIpc) is 2.19. The van der Waals surface area contributed by atoms with Gasteiger partial charge in [-0.3, -0.25) is 0 Å². The summed E-state index contributed by atoms with van der Waals surface area (Å²) in [5, 5.41) is 9.49. The number of phenols is 1. The quantitative estimate of drug-likeness (QED) is 0.828. The van der Waals surface area contributed by atoms with E-state index < -0.39 is 5.82 Å². The maximum absolute atomic E-state index is 13.2. The molecule has 0 aliphatic rings. The largest absolute Gasteiger partial charge is 0.505 e. The second kappa shape index (κ2) is 5.28. The first-order valence-corrected chi connectivity index (χ1v) is 5.40. The minimum absolute atomic E-state index is 0.366. The summed E-state index contributed by atoms with van der Waals surface area (Å²) < 4.78 is 13.7. The van der Waals surface area contributed by atoms with Crippen LogP contribution in [-0.4, -0.2) is 5.11 Å². The van der Waals surface area contributed by atoms with Crippen LogP contribution in [0.4, 0.5) is 4.39 Å². The zero-order valence-corrected chi connectivity index (χ0v) is 9.80. The van der Waals surface area contributed by atoms with E-state index in [1.165, 1.54) is 6.07 Å². The van der Waals surface area contributed by atoms with Crippen molar-refractivity contribution >= 4 is 15.9 Å². The summed E-state index contributed by atoms with van der Waals surface area (Å²) >= 11 is 3.16. The lowest BCUT2D eigenvalue weighted by Crippen LogP contribution is -2.10. The van der Waals surface area contributed by atoms with Gasteiger partial charge in [-0.15, -0.1) is 6.58 Å². The van der Waals surface area contributed by atoms with Crippen LogP contribution in [0.2, 0.25) is 0 Å². The van der Waals surface area contributed by atoms with Crippen molar-refractivity contribution in [3.05, 3.63) is 40.6 Å². The Labute approximate surface area is 96.7 Å². The van der Waals surface area contributed by atoms with E-state index in [-0.39, 0.29) is 11.8 Å². The standard InChI is InChI=1S/C11H13BrFNO/c1-2-3-4-10(14)8-5-7(12)6-9(13)11(8)15/h2,5-6,10,15H,1,3-4,14H2/t10-/m0/s1. The fourth-order valence-electron chi connectivity index (χ4n) is 1.32. The highest BCUT2D eigenvalue weighted by atomic mass is 79.9. The molecule has 0 aromatic heterocycles. The van der Waals surface area contributed by atoms with Gasteiger partial charge in [0.25, 0.3) is 0 Å². The number of nitrogens with two attached hydrogens (primary N) is 1. The van der Waals surface area contributed by atoms with Crippen LogP contribution in [0.25, 0.3) is 0 Å². The van der Waals surface area contributed by atoms with Crippen LogP contribution in [0.1, 0.15) is 24.4 Å². The molecule has 3 N–H and O–H groups in total. The molecule has 0 amide bonds. The average molecular weight is 274 g/mol. The van der Waals surface area contributed by atoms with Gasteiger partial charge in [0, 0.05) is 16.1 Å². The number of benzene rings is 1. The van der Waals surface area contributed by atoms with Crippen LogP contribution in [0.5, 0.6) is 5.75 Å². The minimum Gasteiger partial charge on any atom is -0.505 e. The van der Waals surface area contributed by atoms with Crippen molar-refractivity contribution in [3.8, 4) is 5.75 Å². The Morgan fingerprint density at radius 1 is 1.60 bits per heavy atom. The Bertz CT molecular complexity index is 368. The van der Waals surface area contributed by atoms with Gasteiger partial charge in [-0.1, -0.05) is 22.0 Å². The fourth-order valence-corrected chi connectivity index (χ4v) is 1.77. The molecule has 0 spiro atoms. The molecule has 4 heteroatoms. The molecule has 15 heavy (non-hydrogen) atoms. The summed E-state index contributed by atoms with van der Waals surface area (Å²) in [6.45, 7) is 3.58. The lowest BCUT2D eigenvalue weighted by Gasteiger charge is -2.13. The first-order valence-electron chi connectivity index (χ1n) is 4.60. The summed E-state index contributed by atoms with van der Waals surface area (Å²) in [5.74, 6) is -1.02. The van der Waals surface area contributed by atoms with Crippen molar-refractivity contribution in [2.45, 2.75) is 18.9 Å². The first-order chi connectivity index (χ1) is 7.06. The summed E-state index contributed by atoms with van der Waals surface area (Å²) in [6, 6.07) is 2.46. The molecule has 1 atom stereocenters. The summed E-state index contributed by atoms with van der Waals surface area (Å²) in [5.41, 5.74) is 6.24. The SMILES string of the molecule is C=CCC[C@H](N)c1cc(Br)cc(F)c1O. The Hall–Kier alpha value is -0.870. The molecule has 0 aliphatic heterocycles. The Morgan fingerprint density at radius 3 is 2.87 bits per heavy atom. The van der Waals surface area contributed by atoms with Crippen molar-refractivity contribution in [2.75, 3.05) is 0 Å². The van der Waals surface area contributed by atoms with Gasteiger partial charge in [-0.05, 0) is 25.0 Å². The monoisotopic (exact) mass is 273 g/mol. The summed E-state index contributed by atoms with van der Waals surface area (Å²) in [7, 11) is 0. The van der Waals surface area contributed by atoms with E-state index in [4.69, 9.17) is 5.73 Å². The van der Waals surface area contributed by atoms with Gasteiger partial charge in [-0.2, -0.15) is 0 Å². The second-order valence-corrected chi connectivity index (χ2v) is 4.21. The molecule has 0 heterocycles. The molecule has 0 unspecified atom stereocenters. The number of aromatic hydroxyl groups is 1. The highest BCUT2D eigenvalue weighted by Crippen LogP contribution is 2.31. The summed E-state index contributed by atoms with van der Waals surface area (Å²) in [4.78, 5) is 0. The molecule has 1 aromatic carbocycles. The molecule has 0 fully saturated rings. The van der Waals surface area contributed by atoms with E-state index >= 15 is 0 Å². The lowest BCUT2D eigenvalue weighted by molar-refractivity contribution is 0.418. The maximum Gasteiger partial charge on any atom is 0.166 e. The number of phenolic OH excluding ortho intramolecular Hbond substituents is 1. The minimum atomic E-state index is -0.659. The number of hydrogen-bond donors (Lipinski definition) is 2. The maximum atomic E-state index is 13.2. The smallest absolute Gasteiger partial charge is 0.166 e. The third-order valence-corrected chi connectivity index (χ3v) is 2.60. The Kier molecular flexibility index (Phi) is 4.29. The number of rotatable bonds is 4. The van der Waals surface area contributed by atoms with Gasteiger partial charge in [0.2, 0.25) is 0 Å². The molecule has 0 aliphatic carbocycles. The number of hydrogen-bond acceptors (Lipinski definition) is 2. The molecular formula is C11H13BrFNO. The molecule has 0 radical (unpaired) electrons. The molecule has 1 rings (SSSR count). The Morgan fingerprint density at radius 2 is 2.27 bits per heavy atom. The van der Waals surface area contributed by atoms with E-state index in [9.17, 15) is 9.50 Å². The van der Waals surface area contributed by atoms with Gasteiger partial charge in [0.15, 0.2) is 11.6 Å². The van der Waals surface area contributed by atoms with Crippen LogP contribution in [0.3, 0.4) is 0 Å². The molecule has 0 bridgehead atoms. The second-order valence-electron chi connectivity index (χ2n) is 3.30. The highest BCUT2D eigenvalue weighted by Gasteiger charge is 2.14. The van der Waals surface area contributed by atoms with Gasteiger partial charge >= 0.3 is 0 Å². The molecule has 82 valence electrons. The van der Waals surface area contributed by atoms with E-state index in [2.05, 4.69) is 22.5 Å². The van der Waals surface area contributed by atoms with Crippen molar-refractivity contribution in [2.24, 2.45) is 5.73 Å². The normalized spacial score (nSPS) is 12.5. The molecule has 1 aromatic rings. The fraction of sp³-hybridized carbons (Fsp3) is 0.273. The zero-order valence-electron chi connectivity index (χ0n) is 8.21. The van der Waals surface area contributed by atoms with Crippen LogP contribution < -0.4 is 5.73 Å². The van der Waals surface area contributed by atoms with Crippen LogP contribution >= 0.6 is 15.9 Å². The van der Waals surface area contributed by atoms with Gasteiger partial charge < -0.3 is 10.8 Å². The van der Waals surface area contributed by atoms with Crippen molar-refractivity contribution in [1.29, 1.82) is 0 Å². The number of allylic oxidation sites excluding steroid dienone is 1. The van der Waals surface area contributed by atoms with Crippen molar-refractivity contribution < 1.29 is 9.50 Å². The molecule has 2 nitrogen and oxygen atoms in total. The number of halogens is 2. The zero-order chi connectivity index (χ0) is 11.4. The molecule has 0 saturated carbocycles. The van der Waals surface area contributed by atoms with E-state index in [0.29, 0.717) is 16.5 Å². The first kappa shape index (κ1) is 12.2. The summed E-state index contributed by atoms with van der Waals surface area (Å²) in [6.07, 6.45) is 3.10. The van der Waals surface area contributed by atoms with Gasteiger partial charge in [-0.25, -0.2) is 4.39 Å². The third-order valence-electron chi connectivity index (χ3n) is 2.14. The third kappa shape index (κ3) is 3.04. The van der Waals surface area contributed by atoms with Crippen LogP contribution in [-0.2, 0) is 0 Å². The lowest BCUT2D eigenvalue weighted by atomic mass is 10.0. The van der Waals surface area contributed by atoms with E-state index in [1.807, 2.05) is 0 Å². The highest BCUT2D eigenvalue weighted by molar-refractivity contribution is 9.10. The van der Waals surface area contributed by atoms with Gasteiger partial charge in [0.1, 0.15) is 0 Å². The van der Waals surface area contributed by atoms with E-state index in [1.54, 1.807) is 12.1 Å². The predicted molar refractivity (Wildman–Crippen MR) is 62.1 cm³/mol. The molecule has 0 saturated heterocycles. The Balaban J connectivity index is 2.96. The topological polar surface area (TPSA) is 46.2 Å². The molecular weight excluding hydrogens is 261 g/mol. The van der Waals surface area contributed by atoms with E-state index in [0.717, 1.165) is 6.42 Å². The van der Waals surface area contributed by atoms with Crippen molar-refractivity contribution in [3.63, 3.8) is 0 Å². The van der Waals surface area contributed by atoms with Crippen molar-refractivity contribution in [1.82, 2.24) is 0 Å². The van der Waals surface area contributed by atoms with Crippen LogP contribution in [0.15, 0.2) is 29.3 Å². The van der Waals surface area contributed by atoms with Crippen LogP contribution in [0, 0.1) is 5.82 Å². The van der Waals surface area contributed by atoms with Gasteiger partial charge in [0.05, 0.1) is 0 Å². The predicted octanol–water partition coefficient (Wildman–Crippen LogP) is 3.26.